The number of carbonyl (C=O) groups excluding carboxylic acids is 2. The standard InChI is InChI=1S/C28H34N2O5/c1-2-3-11-19(16-25(31)32)29-27(33)26(18-9-8-10-18)30-28(34)35-17-24-22-14-6-4-12-20(22)21-13-5-7-15-23(21)24/h4-7,12-15,18-19,24,26H,2-3,8-11,16-17H2,1H3,(H,29,33)(H,30,34)(H,31,32)/t19-,26?/m1/s1. The van der Waals surface area contributed by atoms with E-state index in [-0.39, 0.29) is 30.8 Å². The van der Waals surface area contributed by atoms with Gasteiger partial charge in [-0.2, -0.15) is 0 Å². The molecule has 2 amide bonds. The number of nitrogens with one attached hydrogen (secondary N) is 2. The number of carboxylic acids is 1. The van der Waals surface area contributed by atoms with Gasteiger partial charge in [-0.1, -0.05) is 74.7 Å². The summed E-state index contributed by atoms with van der Waals surface area (Å²) in [7, 11) is 0. The molecular weight excluding hydrogens is 444 g/mol. The fraction of sp³-hybridized carbons (Fsp3) is 0.464. The molecule has 0 aliphatic heterocycles. The van der Waals surface area contributed by atoms with Crippen molar-refractivity contribution in [2.24, 2.45) is 5.92 Å². The van der Waals surface area contributed by atoms with Gasteiger partial charge in [0.2, 0.25) is 5.91 Å². The molecule has 0 spiro atoms. The molecule has 186 valence electrons. The Hall–Kier alpha value is -3.35. The number of carbonyl (C=O) groups is 3. The zero-order chi connectivity index (χ0) is 24.8. The van der Waals surface area contributed by atoms with Gasteiger partial charge in [-0.25, -0.2) is 4.79 Å². The maximum atomic E-state index is 13.1. The number of aliphatic carboxylic acids is 1. The van der Waals surface area contributed by atoms with Gasteiger partial charge in [0.1, 0.15) is 12.6 Å². The first-order valence-electron chi connectivity index (χ1n) is 12.6. The second-order valence-electron chi connectivity index (χ2n) is 9.58. The molecule has 0 bridgehead atoms. The fourth-order valence-electron chi connectivity index (χ4n) is 5.12. The highest BCUT2D eigenvalue weighted by atomic mass is 16.5. The lowest BCUT2D eigenvalue weighted by Crippen LogP contribution is -2.54. The van der Waals surface area contributed by atoms with Gasteiger partial charge < -0.3 is 20.5 Å². The Kier molecular flexibility index (Phi) is 8.06. The van der Waals surface area contributed by atoms with Gasteiger partial charge in [0, 0.05) is 12.0 Å². The van der Waals surface area contributed by atoms with Crippen LogP contribution in [0.4, 0.5) is 4.79 Å². The first-order chi connectivity index (χ1) is 17.0. The third-order valence-corrected chi connectivity index (χ3v) is 7.19. The van der Waals surface area contributed by atoms with E-state index in [4.69, 9.17) is 4.74 Å². The summed E-state index contributed by atoms with van der Waals surface area (Å²) >= 11 is 0. The number of fused-ring (bicyclic) bond motifs is 3. The van der Waals surface area contributed by atoms with Crippen LogP contribution < -0.4 is 10.6 Å². The summed E-state index contributed by atoms with van der Waals surface area (Å²) in [6, 6.07) is 15.1. The zero-order valence-corrected chi connectivity index (χ0v) is 20.2. The van der Waals surface area contributed by atoms with E-state index >= 15 is 0 Å². The minimum Gasteiger partial charge on any atom is -0.481 e. The lowest BCUT2D eigenvalue weighted by Gasteiger charge is -2.34. The highest BCUT2D eigenvalue weighted by Crippen LogP contribution is 2.44. The molecule has 2 aromatic carbocycles. The number of benzene rings is 2. The average Bonchev–Trinajstić information content (AvgIpc) is 3.13. The van der Waals surface area contributed by atoms with Crippen molar-refractivity contribution in [3.05, 3.63) is 59.7 Å². The molecule has 0 saturated heterocycles. The summed E-state index contributed by atoms with van der Waals surface area (Å²) in [5.41, 5.74) is 4.56. The summed E-state index contributed by atoms with van der Waals surface area (Å²) in [6.07, 6.45) is 4.28. The normalized spacial score (nSPS) is 16.4. The van der Waals surface area contributed by atoms with Crippen LogP contribution in [-0.4, -0.2) is 41.8 Å². The summed E-state index contributed by atoms with van der Waals surface area (Å²) in [6.45, 7) is 2.20. The van der Waals surface area contributed by atoms with Crippen molar-refractivity contribution in [2.45, 2.75) is 69.9 Å². The number of alkyl carbamates (subject to hydrolysis) is 1. The van der Waals surface area contributed by atoms with E-state index in [0.717, 1.165) is 54.4 Å². The number of amides is 2. The van der Waals surface area contributed by atoms with Crippen LogP contribution >= 0.6 is 0 Å². The van der Waals surface area contributed by atoms with Crippen molar-refractivity contribution in [2.75, 3.05) is 6.61 Å². The van der Waals surface area contributed by atoms with Gasteiger partial charge >= 0.3 is 12.1 Å². The Balaban J connectivity index is 1.39. The molecule has 3 N–H and O–H groups in total. The van der Waals surface area contributed by atoms with Crippen molar-refractivity contribution in [1.82, 2.24) is 10.6 Å². The average molecular weight is 479 g/mol. The molecule has 7 nitrogen and oxygen atoms in total. The van der Waals surface area contributed by atoms with E-state index in [0.29, 0.717) is 6.42 Å². The number of rotatable bonds is 11. The Morgan fingerprint density at radius 2 is 1.63 bits per heavy atom. The van der Waals surface area contributed by atoms with E-state index in [9.17, 15) is 19.5 Å². The SMILES string of the molecule is CCCC[C@H](CC(=O)O)NC(=O)C(NC(=O)OCC1c2ccccc2-c2ccccc21)C1CCC1. The second kappa shape index (κ2) is 11.4. The molecular formula is C28H34N2O5. The quantitative estimate of drug-likeness (QED) is 0.429. The molecule has 2 aliphatic rings. The molecule has 0 radical (unpaired) electrons. The summed E-state index contributed by atoms with van der Waals surface area (Å²) in [4.78, 5) is 37.1. The molecule has 4 rings (SSSR count). The molecule has 35 heavy (non-hydrogen) atoms. The van der Waals surface area contributed by atoms with Gasteiger partial charge in [0.05, 0.1) is 6.42 Å². The zero-order valence-electron chi connectivity index (χ0n) is 20.2. The first-order valence-corrected chi connectivity index (χ1v) is 12.6. The van der Waals surface area contributed by atoms with Crippen LogP contribution in [-0.2, 0) is 14.3 Å². The highest BCUT2D eigenvalue weighted by molar-refractivity contribution is 5.87. The molecule has 2 aliphatic carbocycles. The Labute approximate surface area is 206 Å². The third kappa shape index (κ3) is 5.84. The smallest absolute Gasteiger partial charge is 0.407 e. The predicted octanol–water partition coefficient (Wildman–Crippen LogP) is 4.84. The van der Waals surface area contributed by atoms with Gasteiger partial charge in [-0.3, -0.25) is 9.59 Å². The Morgan fingerprint density at radius 3 is 2.17 bits per heavy atom. The molecule has 2 aromatic rings. The lowest BCUT2D eigenvalue weighted by atomic mass is 9.79. The number of carboxylic acid groups (broad SMARTS) is 1. The van der Waals surface area contributed by atoms with E-state index in [2.05, 4.69) is 34.9 Å². The van der Waals surface area contributed by atoms with E-state index in [1.54, 1.807) is 0 Å². The van der Waals surface area contributed by atoms with Crippen LogP contribution in [0.15, 0.2) is 48.5 Å². The van der Waals surface area contributed by atoms with E-state index < -0.39 is 24.1 Å². The van der Waals surface area contributed by atoms with Crippen LogP contribution in [0.5, 0.6) is 0 Å². The van der Waals surface area contributed by atoms with Gasteiger partial charge in [0.15, 0.2) is 0 Å². The third-order valence-electron chi connectivity index (χ3n) is 7.19. The van der Waals surface area contributed by atoms with Crippen LogP contribution in [0.2, 0.25) is 0 Å². The topological polar surface area (TPSA) is 105 Å². The summed E-state index contributed by atoms with van der Waals surface area (Å²) in [5.74, 6) is -1.30. The van der Waals surface area contributed by atoms with Crippen LogP contribution in [0, 0.1) is 5.92 Å². The Morgan fingerprint density at radius 1 is 1.00 bits per heavy atom. The van der Waals surface area contributed by atoms with Crippen molar-refractivity contribution >= 4 is 18.0 Å². The molecule has 0 aromatic heterocycles. The molecule has 2 atom stereocenters. The molecule has 7 heteroatoms. The van der Waals surface area contributed by atoms with E-state index in [1.807, 2.05) is 31.2 Å². The van der Waals surface area contributed by atoms with E-state index in [1.165, 1.54) is 0 Å². The first kappa shape index (κ1) is 24.8. The minimum atomic E-state index is -0.948. The Bertz CT molecular complexity index is 1020. The van der Waals surface area contributed by atoms with Crippen LogP contribution in [0.1, 0.15) is 68.9 Å². The van der Waals surface area contributed by atoms with Crippen molar-refractivity contribution in [1.29, 1.82) is 0 Å². The van der Waals surface area contributed by atoms with Crippen molar-refractivity contribution < 1.29 is 24.2 Å². The van der Waals surface area contributed by atoms with Crippen LogP contribution in [0.3, 0.4) is 0 Å². The maximum absolute atomic E-state index is 13.1. The van der Waals surface area contributed by atoms with Gasteiger partial charge in [-0.05, 0) is 47.4 Å². The monoisotopic (exact) mass is 478 g/mol. The predicted molar refractivity (Wildman–Crippen MR) is 133 cm³/mol. The largest absolute Gasteiger partial charge is 0.481 e. The minimum absolute atomic E-state index is 0.0344. The molecule has 1 unspecified atom stereocenters. The number of hydrogen-bond acceptors (Lipinski definition) is 4. The fourth-order valence-corrected chi connectivity index (χ4v) is 5.12. The van der Waals surface area contributed by atoms with Crippen LogP contribution in [0.25, 0.3) is 11.1 Å². The van der Waals surface area contributed by atoms with Gasteiger partial charge in [0.25, 0.3) is 0 Å². The number of unbranched alkanes of at least 4 members (excludes halogenated alkanes) is 1. The molecule has 0 heterocycles. The second-order valence-corrected chi connectivity index (χ2v) is 9.58. The number of ether oxygens (including phenoxy) is 1. The van der Waals surface area contributed by atoms with Crippen molar-refractivity contribution in [3.8, 4) is 11.1 Å². The number of hydrogen-bond donors (Lipinski definition) is 3. The maximum Gasteiger partial charge on any atom is 0.407 e. The highest BCUT2D eigenvalue weighted by Gasteiger charge is 2.36. The summed E-state index contributed by atoms with van der Waals surface area (Å²) in [5, 5.41) is 14.9. The van der Waals surface area contributed by atoms with Crippen molar-refractivity contribution in [3.63, 3.8) is 0 Å². The molecule has 1 fully saturated rings. The lowest BCUT2D eigenvalue weighted by molar-refractivity contribution is -0.138. The molecule has 1 saturated carbocycles. The summed E-state index contributed by atoms with van der Waals surface area (Å²) < 4.78 is 5.65. The van der Waals surface area contributed by atoms with Gasteiger partial charge in [-0.15, -0.1) is 0 Å².